The van der Waals surface area contributed by atoms with Gasteiger partial charge in [-0.1, -0.05) is 0 Å². The summed E-state index contributed by atoms with van der Waals surface area (Å²) in [5.74, 6) is 2.08. The molecule has 0 saturated carbocycles. The van der Waals surface area contributed by atoms with Crippen LogP contribution in [0.15, 0.2) is 12.4 Å². The third-order valence-corrected chi connectivity index (χ3v) is 5.54. The summed E-state index contributed by atoms with van der Waals surface area (Å²) < 4.78 is 0. The van der Waals surface area contributed by atoms with E-state index < -0.39 is 0 Å². The van der Waals surface area contributed by atoms with Crippen LogP contribution in [-0.2, 0) is 12.8 Å². The molecule has 0 aromatic carbocycles. The Balaban J connectivity index is 1.41. The molecule has 0 radical (unpaired) electrons. The van der Waals surface area contributed by atoms with Crippen molar-refractivity contribution in [1.29, 1.82) is 0 Å². The number of anilines is 2. The first-order chi connectivity index (χ1) is 11.7. The first kappa shape index (κ1) is 14.1. The summed E-state index contributed by atoms with van der Waals surface area (Å²) in [6.07, 6.45) is 6.45. The zero-order valence-corrected chi connectivity index (χ0v) is 14.2. The number of aromatic nitrogens is 4. The molecule has 6 heteroatoms. The van der Waals surface area contributed by atoms with Crippen LogP contribution >= 0.6 is 0 Å². The van der Waals surface area contributed by atoms with Crippen LogP contribution in [0.2, 0.25) is 0 Å². The van der Waals surface area contributed by atoms with Crippen LogP contribution < -0.4 is 9.80 Å². The van der Waals surface area contributed by atoms with Crippen molar-refractivity contribution in [3.05, 3.63) is 35.0 Å². The molecule has 24 heavy (non-hydrogen) atoms. The maximum absolute atomic E-state index is 4.65. The highest BCUT2D eigenvalue weighted by Crippen LogP contribution is 2.40. The van der Waals surface area contributed by atoms with Crippen molar-refractivity contribution in [3.63, 3.8) is 0 Å². The Hall–Kier alpha value is -2.24. The molecule has 2 aromatic rings. The summed E-state index contributed by atoms with van der Waals surface area (Å²) in [5.41, 5.74) is 4.74. The molecular formula is C18H22N6. The summed E-state index contributed by atoms with van der Waals surface area (Å²) in [6, 6.07) is 3.07. The molecule has 3 fully saturated rings. The van der Waals surface area contributed by atoms with Crippen LogP contribution in [0.3, 0.4) is 0 Å². The van der Waals surface area contributed by atoms with Gasteiger partial charge in [0.2, 0.25) is 5.95 Å². The quantitative estimate of drug-likeness (QED) is 0.841. The molecule has 6 rings (SSSR count). The van der Waals surface area contributed by atoms with Gasteiger partial charge in [0.1, 0.15) is 12.1 Å². The minimum atomic E-state index is 0.521. The van der Waals surface area contributed by atoms with Crippen LogP contribution in [0.1, 0.15) is 35.5 Å². The first-order valence-electron chi connectivity index (χ1n) is 8.87. The molecule has 0 spiro atoms. The number of fused-ring (bicyclic) bond motifs is 3. The first-order valence-corrected chi connectivity index (χ1v) is 8.87. The number of piperazine rings is 1. The fourth-order valence-corrected chi connectivity index (χ4v) is 4.53. The second-order valence-corrected chi connectivity index (χ2v) is 7.28. The highest BCUT2D eigenvalue weighted by atomic mass is 15.4. The monoisotopic (exact) mass is 322 g/mol. The third-order valence-electron chi connectivity index (χ3n) is 5.54. The van der Waals surface area contributed by atoms with Gasteiger partial charge in [0.15, 0.2) is 0 Å². The van der Waals surface area contributed by atoms with Crippen molar-refractivity contribution in [2.75, 3.05) is 22.9 Å². The van der Waals surface area contributed by atoms with E-state index in [1.54, 1.807) is 6.33 Å². The van der Waals surface area contributed by atoms with Crippen molar-refractivity contribution in [2.24, 2.45) is 0 Å². The molecule has 2 bridgehead atoms. The molecule has 0 amide bonds. The normalized spacial score (nSPS) is 24.8. The molecule has 124 valence electrons. The fraction of sp³-hybridized carbons (Fsp3) is 0.556. The van der Waals surface area contributed by atoms with Gasteiger partial charge in [0.05, 0.1) is 12.1 Å². The van der Waals surface area contributed by atoms with Gasteiger partial charge in [0.25, 0.3) is 0 Å². The predicted molar refractivity (Wildman–Crippen MR) is 92.4 cm³/mol. The Morgan fingerprint density at radius 3 is 2.50 bits per heavy atom. The van der Waals surface area contributed by atoms with E-state index in [4.69, 9.17) is 0 Å². The number of nitrogens with zero attached hydrogens (tertiary/aromatic N) is 6. The topological polar surface area (TPSA) is 58.0 Å². The standard InChI is InChI=1S/C18H22N6/c1-11-6-12(2)22-18(21-11)23-8-13-7-14(9-23)24(13)17-15-4-3-5-16(15)19-10-20-17/h6,10,13-14H,3-5,7-9H2,1-2H3. The van der Waals surface area contributed by atoms with Crippen LogP contribution in [0.5, 0.6) is 0 Å². The predicted octanol–water partition coefficient (Wildman–Crippen LogP) is 1.84. The number of hydrogen-bond donors (Lipinski definition) is 0. The smallest absolute Gasteiger partial charge is 0.225 e. The molecule has 1 aliphatic carbocycles. The fourth-order valence-electron chi connectivity index (χ4n) is 4.53. The van der Waals surface area contributed by atoms with Crippen molar-refractivity contribution in [1.82, 2.24) is 19.9 Å². The molecular weight excluding hydrogens is 300 g/mol. The Morgan fingerprint density at radius 1 is 1.00 bits per heavy atom. The molecule has 2 atom stereocenters. The van der Waals surface area contributed by atoms with E-state index in [0.717, 1.165) is 43.3 Å². The maximum Gasteiger partial charge on any atom is 0.225 e. The van der Waals surface area contributed by atoms with E-state index in [9.17, 15) is 0 Å². The van der Waals surface area contributed by atoms with Gasteiger partial charge in [-0.2, -0.15) is 0 Å². The lowest BCUT2D eigenvalue weighted by Crippen LogP contribution is -2.69. The van der Waals surface area contributed by atoms with E-state index in [2.05, 4.69) is 29.7 Å². The van der Waals surface area contributed by atoms with Crippen LogP contribution in [0.25, 0.3) is 0 Å². The average molecular weight is 322 g/mol. The zero-order chi connectivity index (χ0) is 16.3. The Labute approximate surface area is 142 Å². The van der Waals surface area contributed by atoms with Crippen molar-refractivity contribution in [3.8, 4) is 0 Å². The van der Waals surface area contributed by atoms with E-state index in [1.165, 1.54) is 29.9 Å². The number of piperidine rings is 1. The molecule has 5 heterocycles. The summed E-state index contributed by atoms with van der Waals surface area (Å²) in [7, 11) is 0. The highest BCUT2D eigenvalue weighted by Gasteiger charge is 2.47. The van der Waals surface area contributed by atoms with E-state index >= 15 is 0 Å². The van der Waals surface area contributed by atoms with Gasteiger partial charge in [-0.25, -0.2) is 19.9 Å². The lowest BCUT2D eigenvalue weighted by molar-refractivity contribution is 0.286. The van der Waals surface area contributed by atoms with Gasteiger partial charge >= 0.3 is 0 Å². The molecule has 3 saturated heterocycles. The minimum absolute atomic E-state index is 0.521. The van der Waals surface area contributed by atoms with Crippen LogP contribution in [-0.4, -0.2) is 45.1 Å². The summed E-state index contributed by atoms with van der Waals surface area (Å²) in [4.78, 5) is 23.3. The lowest BCUT2D eigenvalue weighted by Gasteiger charge is -2.57. The van der Waals surface area contributed by atoms with Crippen molar-refractivity contribution in [2.45, 2.75) is 51.6 Å². The van der Waals surface area contributed by atoms with Gasteiger partial charge in [-0.15, -0.1) is 0 Å². The van der Waals surface area contributed by atoms with E-state index in [0.29, 0.717) is 12.1 Å². The lowest BCUT2D eigenvalue weighted by atomic mass is 9.87. The minimum Gasteiger partial charge on any atom is -0.347 e. The molecule has 2 unspecified atom stereocenters. The van der Waals surface area contributed by atoms with Crippen LogP contribution in [0.4, 0.5) is 11.8 Å². The zero-order valence-electron chi connectivity index (χ0n) is 14.2. The van der Waals surface area contributed by atoms with Crippen molar-refractivity contribution < 1.29 is 0 Å². The number of aryl methyl sites for hydroxylation is 3. The Bertz CT molecular complexity index is 772. The maximum atomic E-state index is 4.65. The van der Waals surface area contributed by atoms with Gasteiger partial charge in [-0.05, 0) is 45.6 Å². The number of hydrogen-bond acceptors (Lipinski definition) is 6. The summed E-state index contributed by atoms with van der Waals surface area (Å²) in [6.45, 7) is 6.05. The molecule has 6 nitrogen and oxygen atoms in total. The van der Waals surface area contributed by atoms with Gasteiger partial charge in [0, 0.05) is 35.7 Å². The van der Waals surface area contributed by atoms with E-state index in [-0.39, 0.29) is 0 Å². The Kier molecular flexibility index (Phi) is 3.02. The highest BCUT2D eigenvalue weighted by molar-refractivity contribution is 5.57. The third kappa shape index (κ3) is 2.08. The molecule has 2 aromatic heterocycles. The summed E-state index contributed by atoms with van der Waals surface area (Å²) in [5, 5.41) is 0. The molecule has 3 aliphatic heterocycles. The summed E-state index contributed by atoms with van der Waals surface area (Å²) >= 11 is 0. The SMILES string of the molecule is Cc1cc(C)nc(N2CC3CC(C2)N3c2ncnc3c2CCC3)n1. The number of rotatable bonds is 2. The second kappa shape index (κ2) is 5.13. The van der Waals surface area contributed by atoms with Gasteiger partial charge in [-0.3, -0.25) is 0 Å². The Morgan fingerprint density at radius 2 is 1.75 bits per heavy atom. The largest absolute Gasteiger partial charge is 0.347 e. The molecule has 4 aliphatic rings. The van der Waals surface area contributed by atoms with Gasteiger partial charge < -0.3 is 9.80 Å². The van der Waals surface area contributed by atoms with E-state index in [1.807, 2.05) is 19.9 Å². The second-order valence-electron chi connectivity index (χ2n) is 7.28. The average Bonchev–Trinajstić information content (AvgIpc) is 3.03. The van der Waals surface area contributed by atoms with Crippen LogP contribution in [0, 0.1) is 13.8 Å². The van der Waals surface area contributed by atoms with Crippen molar-refractivity contribution >= 4 is 11.8 Å². The molecule has 0 N–H and O–H groups in total.